The molecule has 0 saturated carbocycles. The summed E-state index contributed by atoms with van der Waals surface area (Å²) in [6.07, 6.45) is 0. The van der Waals surface area contributed by atoms with Gasteiger partial charge in [-0.25, -0.2) is 9.82 Å². The molecule has 0 bridgehead atoms. The lowest BCUT2D eigenvalue weighted by Crippen LogP contribution is -2.42. The van der Waals surface area contributed by atoms with Crippen molar-refractivity contribution in [2.45, 2.75) is 19.0 Å². The van der Waals surface area contributed by atoms with Crippen LogP contribution in [-0.2, 0) is 4.79 Å². The van der Waals surface area contributed by atoms with Crippen molar-refractivity contribution < 1.29 is 14.0 Å². The molecule has 2 aromatic carbocycles. The van der Waals surface area contributed by atoms with Gasteiger partial charge >= 0.3 is 0 Å². The molecule has 0 radical (unpaired) electrons. The monoisotopic (exact) mass is 313 g/mol. The number of carbonyl (C=O) groups is 2. The summed E-state index contributed by atoms with van der Waals surface area (Å²) in [6.45, 7) is 1.98. The Morgan fingerprint density at radius 2 is 1.74 bits per heavy atom. The van der Waals surface area contributed by atoms with Crippen LogP contribution in [-0.4, -0.2) is 17.9 Å². The molecule has 1 fully saturated rings. The summed E-state index contributed by atoms with van der Waals surface area (Å²) >= 11 is 0. The largest absolute Gasteiger partial charge is 0.338 e. The van der Waals surface area contributed by atoms with Crippen molar-refractivity contribution in [1.29, 1.82) is 0 Å². The van der Waals surface area contributed by atoms with E-state index in [-0.39, 0.29) is 11.9 Å². The Morgan fingerprint density at radius 1 is 1.09 bits per heavy atom. The Balaban J connectivity index is 1.78. The summed E-state index contributed by atoms with van der Waals surface area (Å²) < 4.78 is 12.9. The van der Waals surface area contributed by atoms with Crippen LogP contribution in [0, 0.1) is 12.7 Å². The van der Waals surface area contributed by atoms with E-state index in [2.05, 4.69) is 16.2 Å². The minimum absolute atomic E-state index is 0.300. The predicted octanol–water partition coefficient (Wildman–Crippen LogP) is 1.61. The summed E-state index contributed by atoms with van der Waals surface area (Å²) in [5.74, 6) is -1.16. The molecule has 0 unspecified atom stereocenters. The quantitative estimate of drug-likeness (QED) is 0.806. The van der Waals surface area contributed by atoms with Crippen molar-refractivity contribution in [3.63, 3.8) is 0 Å². The predicted molar refractivity (Wildman–Crippen MR) is 82.9 cm³/mol. The van der Waals surface area contributed by atoms with Gasteiger partial charge in [0.05, 0.1) is 6.04 Å². The van der Waals surface area contributed by atoms with E-state index in [0.29, 0.717) is 5.56 Å². The number of aryl methyl sites for hydroxylation is 1. The van der Waals surface area contributed by atoms with Gasteiger partial charge in [-0.3, -0.25) is 15.0 Å². The van der Waals surface area contributed by atoms with Crippen LogP contribution in [0.25, 0.3) is 0 Å². The fraction of sp³-hybridized carbons (Fsp3) is 0.176. The molecule has 3 N–H and O–H groups in total. The van der Waals surface area contributed by atoms with E-state index < -0.39 is 17.8 Å². The van der Waals surface area contributed by atoms with Crippen LogP contribution < -0.4 is 16.2 Å². The highest BCUT2D eigenvalue weighted by molar-refractivity contribution is 5.98. The summed E-state index contributed by atoms with van der Waals surface area (Å²) in [4.78, 5) is 24.2. The molecule has 1 saturated heterocycles. The van der Waals surface area contributed by atoms with Crippen molar-refractivity contribution in [3.05, 3.63) is 71.0 Å². The zero-order chi connectivity index (χ0) is 16.4. The van der Waals surface area contributed by atoms with Gasteiger partial charge in [-0.05, 0) is 36.8 Å². The maximum absolute atomic E-state index is 12.9. The van der Waals surface area contributed by atoms with Gasteiger partial charge in [0.1, 0.15) is 11.9 Å². The number of nitrogens with one attached hydrogen (secondary N) is 3. The highest BCUT2D eigenvalue weighted by Crippen LogP contribution is 2.21. The van der Waals surface area contributed by atoms with E-state index in [1.807, 2.05) is 31.2 Å². The zero-order valence-corrected chi connectivity index (χ0v) is 12.5. The molecular formula is C17H16FN3O2. The molecule has 2 atom stereocenters. The first kappa shape index (κ1) is 15.2. The van der Waals surface area contributed by atoms with E-state index in [1.165, 1.54) is 24.3 Å². The van der Waals surface area contributed by atoms with Gasteiger partial charge in [0.15, 0.2) is 0 Å². The van der Waals surface area contributed by atoms with Crippen LogP contribution in [0.2, 0.25) is 0 Å². The third kappa shape index (κ3) is 3.22. The molecule has 1 heterocycles. The number of hydrazine groups is 1. The minimum Gasteiger partial charge on any atom is -0.338 e. The molecule has 2 aromatic rings. The molecule has 23 heavy (non-hydrogen) atoms. The number of benzene rings is 2. The van der Waals surface area contributed by atoms with Crippen LogP contribution in [0.15, 0.2) is 48.5 Å². The Kier molecular flexibility index (Phi) is 4.08. The van der Waals surface area contributed by atoms with Gasteiger partial charge in [0.2, 0.25) is 0 Å². The normalized spacial score (nSPS) is 20.2. The van der Waals surface area contributed by atoms with E-state index in [1.54, 1.807) is 0 Å². The van der Waals surface area contributed by atoms with Gasteiger partial charge in [-0.1, -0.05) is 29.8 Å². The second-order valence-corrected chi connectivity index (χ2v) is 5.48. The van der Waals surface area contributed by atoms with E-state index in [9.17, 15) is 14.0 Å². The first-order valence-electron chi connectivity index (χ1n) is 7.23. The molecule has 0 spiro atoms. The fourth-order valence-corrected chi connectivity index (χ4v) is 2.49. The van der Waals surface area contributed by atoms with Gasteiger partial charge in [-0.15, -0.1) is 0 Å². The van der Waals surface area contributed by atoms with Crippen molar-refractivity contribution in [3.8, 4) is 0 Å². The molecule has 2 amide bonds. The molecule has 1 aliphatic heterocycles. The topological polar surface area (TPSA) is 70.2 Å². The highest BCUT2D eigenvalue weighted by Gasteiger charge is 2.36. The smallest absolute Gasteiger partial charge is 0.258 e. The summed E-state index contributed by atoms with van der Waals surface area (Å²) in [5, 5.41) is 2.69. The maximum atomic E-state index is 12.9. The second kappa shape index (κ2) is 6.18. The lowest BCUT2D eigenvalue weighted by atomic mass is 9.99. The number of carbonyl (C=O) groups excluding carboxylic acids is 2. The molecule has 118 valence electrons. The lowest BCUT2D eigenvalue weighted by Gasteiger charge is -2.18. The summed E-state index contributed by atoms with van der Waals surface area (Å²) in [7, 11) is 0. The van der Waals surface area contributed by atoms with Gasteiger partial charge in [0, 0.05) is 5.56 Å². The first-order valence-corrected chi connectivity index (χ1v) is 7.23. The Morgan fingerprint density at radius 3 is 2.39 bits per heavy atom. The van der Waals surface area contributed by atoms with Gasteiger partial charge in [0.25, 0.3) is 11.8 Å². The number of hydrogen-bond acceptors (Lipinski definition) is 3. The summed E-state index contributed by atoms with van der Waals surface area (Å²) in [6, 6.07) is 11.8. The highest BCUT2D eigenvalue weighted by atomic mass is 19.1. The van der Waals surface area contributed by atoms with Crippen molar-refractivity contribution >= 4 is 11.8 Å². The number of rotatable bonds is 3. The van der Waals surface area contributed by atoms with E-state index in [0.717, 1.165) is 11.1 Å². The average molecular weight is 313 g/mol. The molecule has 1 aliphatic rings. The van der Waals surface area contributed by atoms with Crippen LogP contribution >= 0.6 is 0 Å². The van der Waals surface area contributed by atoms with E-state index in [4.69, 9.17) is 0 Å². The average Bonchev–Trinajstić information content (AvgIpc) is 2.90. The van der Waals surface area contributed by atoms with Crippen molar-refractivity contribution in [2.75, 3.05) is 0 Å². The molecule has 0 aromatic heterocycles. The lowest BCUT2D eigenvalue weighted by molar-refractivity contribution is -0.121. The summed E-state index contributed by atoms with van der Waals surface area (Å²) in [5.41, 5.74) is 7.72. The van der Waals surface area contributed by atoms with Crippen molar-refractivity contribution in [2.24, 2.45) is 0 Å². The number of halogens is 1. The zero-order valence-electron chi connectivity index (χ0n) is 12.5. The Hall–Kier alpha value is -2.73. The first-order chi connectivity index (χ1) is 11.0. The second-order valence-electron chi connectivity index (χ2n) is 5.48. The molecule has 5 nitrogen and oxygen atoms in total. The molecule has 6 heteroatoms. The van der Waals surface area contributed by atoms with Crippen LogP contribution in [0.1, 0.15) is 27.5 Å². The number of hydrogen-bond donors (Lipinski definition) is 3. The molecular weight excluding hydrogens is 297 g/mol. The number of amides is 2. The van der Waals surface area contributed by atoms with Crippen molar-refractivity contribution in [1.82, 2.24) is 16.2 Å². The standard InChI is InChI=1S/C17H16FN3O2/c1-10-2-4-11(5-3-10)14-15(17(23)21-20-14)19-16(22)12-6-8-13(18)9-7-12/h2-9,14-15,20H,1H3,(H,19,22)(H,21,23)/t14-,15-/m1/s1. The minimum atomic E-state index is -0.741. The molecule has 0 aliphatic carbocycles. The van der Waals surface area contributed by atoms with Gasteiger partial charge in [-0.2, -0.15) is 0 Å². The maximum Gasteiger partial charge on any atom is 0.258 e. The third-order valence-electron chi connectivity index (χ3n) is 3.80. The van der Waals surface area contributed by atoms with Crippen LogP contribution in [0.3, 0.4) is 0 Å². The van der Waals surface area contributed by atoms with Gasteiger partial charge < -0.3 is 5.32 Å². The van der Waals surface area contributed by atoms with E-state index >= 15 is 0 Å². The molecule has 3 rings (SSSR count). The fourth-order valence-electron chi connectivity index (χ4n) is 2.49. The SMILES string of the molecule is Cc1ccc([C@H]2NNC(=O)[C@@H]2NC(=O)c2ccc(F)cc2)cc1. The van der Waals surface area contributed by atoms with Crippen LogP contribution in [0.4, 0.5) is 4.39 Å². The Labute approximate surface area is 132 Å². The third-order valence-corrected chi connectivity index (χ3v) is 3.80. The Bertz CT molecular complexity index is 729. The van der Waals surface area contributed by atoms with Crippen LogP contribution in [0.5, 0.6) is 0 Å².